The Morgan fingerprint density at radius 2 is 2.00 bits per heavy atom. The monoisotopic (exact) mass is 368 g/mol. The quantitative estimate of drug-likeness (QED) is 0.654. The van der Waals surface area contributed by atoms with Crippen LogP contribution >= 0.6 is 0 Å². The molecule has 0 aromatic heterocycles. The number of nitrogens with one attached hydrogen (secondary N) is 1. The lowest BCUT2D eigenvalue weighted by Gasteiger charge is -2.22. The van der Waals surface area contributed by atoms with Crippen molar-refractivity contribution in [3.63, 3.8) is 0 Å². The molecule has 1 aliphatic carbocycles. The van der Waals surface area contributed by atoms with Gasteiger partial charge in [0, 0.05) is 18.7 Å². The molecular formula is C21H24N2O4. The van der Waals surface area contributed by atoms with E-state index < -0.39 is 0 Å². The van der Waals surface area contributed by atoms with Crippen LogP contribution < -0.4 is 10.2 Å². The van der Waals surface area contributed by atoms with Crippen molar-refractivity contribution < 1.29 is 19.1 Å². The Balaban J connectivity index is 1.45. The minimum atomic E-state index is -0.281. The van der Waals surface area contributed by atoms with Crippen LogP contribution in [0.4, 0.5) is 5.69 Å². The zero-order chi connectivity index (χ0) is 19.0. The summed E-state index contributed by atoms with van der Waals surface area (Å²) in [4.78, 5) is 39.1. The average Bonchev–Trinajstić information content (AvgIpc) is 3.28. The lowest BCUT2D eigenvalue weighted by atomic mass is 9.78. The third kappa shape index (κ3) is 3.30. The molecule has 0 unspecified atom stereocenters. The maximum atomic E-state index is 12.8. The first kappa shape index (κ1) is 17.9. The summed E-state index contributed by atoms with van der Waals surface area (Å²) in [6.45, 7) is 3.23. The third-order valence-corrected chi connectivity index (χ3v) is 5.77. The van der Waals surface area contributed by atoms with Crippen LogP contribution in [0.2, 0.25) is 0 Å². The lowest BCUT2D eigenvalue weighted by molar-refractivity contribution is -0.122. The van der Waals surface area contributed by atoms with Crippen molar-refractivity contribution in [3.8, 4) is 0 Å². The Hall–Kier alpha value is -2.47. The van der Waals surface area contributed by atoms with Crippen LogP contribution in [0.1, 0.15) is 36.5 Å². The molecule has 2 fully saturated rings. The molecule has 0 spiro atoms. The van der Waals surface area contributed by atoms with Gasteiger partial charge in [-0.3, -0.25) is 19.3 Å². The van der Waals surface area contributed by atoms with Gasteiger partial charge in [0.1, 0.15) is 0 Å². The number of rotatable bonds is 4. The van der Waals surface area contributed by atoms with Crippen LogP contribution in [-0.2, 0) is 14.3 Å². The van der Waals surface area contributed by atoms with E-state index in [9.17, 15) is 14.4 Å². The first-order chi connectivity index (χ1) is 13.1. The molecule has 4 rings (SSSR count). The Bertz CT molecular complexity index is 780. The summed E-state index contributed by atoms with van der Waals surface area (Å²) in [6, 6.07) is 6.66. The average molecular weight is 368 g/mol. The molecule has 1 N–H and O–H groups in total. The highest BCUT2D eigenvalue weighted by atomic mass is 16.5. The first-order valence-corrected chi connectivity index (χ1v) is 9.60. The molecule has 4 atom stereocenters. The van der Waals surface area contributed by atoms with Gasteiger partial charge in [0.25, 0.3) is 5.91 Å². The molecule has 142 valence electrons. The molecule has 3 amide bonds. The number of nitrogens with zero attached hydrogens (tertiary/aromatic N) is 1. The predicted octanol–water partition coefficient (Wildman–Crippen LogP) is 2.30. The van der Waals surface area contributed by atoms with E-state index in [-0.39, 0.29) is 41.6 Å². The first-order valence-electron chi connectivity index (χ1n) is 9.60. The number of anilines is 1. The highest BCUT2D eigenvalue weighted by molar-refractivity contribution is 6.22. The van der Waals surface area contributed by atoms with Crippen molar-refractivity contribution in [1.82, 2.24) is 5.32 Å². The van der Waals surface area contributed by atoms with E-state index in [1.165, 1.54) is 4.90 Å². The fraction of sp³-hybridized carbons (Fsp3) is 0.476. The molecule has 2 heterocycles. The molecule has 0 bridgehead atoms. The number of carbonyl (C=O) groups is 3. The second-order valence-corrected chi connectivity index (χ2v) is 7.56. The second kappa shape index (κ2) is 7.27. The summed E-state index contributed by atoms with van der Waals surface area (Å²) >= 11 is 0. The van der Waals surface area contributed by atoms with Crippen LogP contribution in [0.15, 0.2) is 36.4 Å². The molecular weight excluding hydrogens is 344 g/mol. The summed E-state index contributed by atoms with van der Waals surface area (Å²) in [5, 5.41) is 2.87. The van der Waals surface area contributed by atoms with Crippen molar-refractivity contribution in [1.29, 1.82) is 0 Å². The number of ether oxygens (including phenoxy) is 1. The molecule has 3 aliphatic rings. The van der Waals surface area contributed by atoms with Gasteiger partial charge < -0.3 is 10.1 Å². The number of hydrogen-bond donors (Lipinski definition) is 1. The Kier molecular flexibility index (Phi) is 4.83. The number of allylic oxidation sites excluding steroid dienone is 2. The fourth-order valence-electron chi connectivity index (χ4n) is 4.28. The summed E-state index contributed by atoms with van der Waals surface area (Å²) in [5.74, 6) is -0.950. The van der Waals surface area contributed by atoms with E-state index in [4.69, 9.17) is 4.74 Å². The molecule has 0 radical (unpaired) electrons. The van der Waals surface area contributed by atoms with E-state index in [1.54, 1.807) is 24.3 Å². The minimum absolute atomic E-state index is 0.0630. The topological polar surface area (TPSA) is 75.7 Å². The normalized spacial score (nSPS) is 29.9. The molecule has 1 aromatic carbocycles. The standard InChI is InChI=1S/C21H24N2O4/c1-13-4-2-6-17-18(13)21(26)23(20(17)25)15-9-7-14(8-10-15)19(24)22-12-16-5-3-11-27-16/h2,4,7-10,13,16-18H,3,5-6,11-12H2,1H3,(H,22,24)/t13-,16-,17+,18-/m1/s1. The third-order valence-electron chi connectivity index (χ3n) is 5.77. The lowest BCUT2D eigenvalue weighted by Crippen LogP contribution is -2.32. The number of hydrogen-bond acceptors (Lipinski definition) is 4. The second-order valence-electron chi connectivity index (χ2n) is 7.56. The van der Waals surface area contributed by atoms with Crippen LogP contribution in [0.5, 0.6) is 0 Å². The summed E-state index contributed by atoms with van der Waals surface area (Å²) in [5.41, 5.74) is 1.03. The van der Waals surface area contributed by atoms with Gasteiger partial charge in [-0.1, -0.05) is 19.1 Å². The van der Waals surface area contributed by atoms with E-state index in [2.05, 4.69) is 5.32 Å². The fourth-order valence-corrected chi connectivity index (χ4v) is 4.28. The van der Waals surface area contributed by atoms with Gasteiger partial charge in [-0.05, 0) is 49.4 Å². The van der Waals surface area contributed by atoms with E-state index >= 15 is 0 Å². The highest BCUT2D eigenvalue weighted by Crippen LogP contribution is 2.40. The zero-order valence-corrected chi connectivity index (χ0v) is 15.4. The van der Waals surface area contributed by atoms with Crippen LogP contribution in [-0.4, -0.2) is 37.0 Å². The Morgan fingerprint density at radius 3 is 2.67 bits per heavy atom. The van der Waals surface area contributed by atoms with Crippen LogP contribution in [0.3, 0.4) is 0 Å². The maximum Gasteiger partial charge on any atom is 0.251 e. The SMILES string of the molecule is C[C@@H]1C=CC[C@@H]2C(=O)N(c3ccc(C(=O)NC[C@H]4CCCO4)cc3)C(=O)[C@H]12. The highest BCUT2D eigenvalue weighted by Gasteiger charge is 2.50. The van der Waals surface area contributed by atoms with Crippen LogP contribution in [0.25, 0.3) is 0 Å². The number of benzene rings is 1. The number of fused-ring (bicyclic) bond motifs is 1. The van der Waals surface area contributed by atoms with Gasteiger partial charge in [0.2, 0.25) is 11.8 Å². The van der Waals surface area contributed by atoms with Gasteiger partial charge in [-0.15, -0.1) is 0 Å². The minimum Gasteiger partial charge on any atom is -0.376 e. The van der Waals surface area contributed by atoms with Crippen molar-refractivity contribution in [2.45, 2.75) is 32.3 Å². The van der Waals surface area contributed by atoms with Gasteiger partial charge in [0.05, 0.1) is 23.6 Å². The van der Waals surface area contributed by atoms with Gasteiger partial charge in [-0.25, -0.2) is 0 Å². The van der Waals surface area contributed by atoms with Crippen molar-refractivity contribution in [3.05, 3.63) is 42.0 Å². The van der Waals surface area contributed by atoms with E-state index in [1.807, 2.05) is 19.1 Å². The number of carbonyl (C=O) groups excluding carboxylic acids is 3. The largest absolute Gasteiger partial charge is 0.376 e. The van der Waals surface area contributed by atoms with Crippen molar-refractivity contribution in [2.24, 2.45) is 17.8 Å². The predicted molar refractivity (Wildman–Crippen MR) is 100 cm³/mol. The number of imide groups is 1. The summed E-state index contributed by atoms with van der Waals surface area (Å²) < 4.78 is 5.50. The molecule has 6 heteroatoms. The zero-order valence-electron chi connectivity index (χ0n) is 15.4. The van der Waals surface area contributed by atoms with Crippen molar-refractivity contribution >= 4 is 23.4 Å². The molecule has 27 heavy (non-hydrogen) atoms. The molecule has 0 saturated carbocycles. The number of amides is 3. The molecule has 1 aromatic rings. The maximum absolute atomic E-state index is 12.8. The van der Waals surface area contributed by atoms with Gasteiger partial charge >= 0.3 is 0 Å². The van der Waals surface area contributed by atoms with E-state index in [0.29, 0.717) is 24.2 Å². The van der Waals surface area contributed by atoms with Crippen LogP contribution in [0, 0.1) is 17.8 Å². The molecule has 2 saturated heterocycles. The Morgan fingerprint density at radius 1 is 1.22 bits per heavy atom. The summed E-state index contributed by atoms with van der Waals surface area (Å²) in [7, 11) is 0. The molecule has 6 nitrogen and oxygen atoms in total. The Labute approximate surface area is 158 Å². The van der Waals surface area contributed by atoms with E-state index in [0.717, 1.165) is 19.4 Å². The summed E-state index contributed by atoms with van der Waals surface area (Å²) in [6.07, 6.45) is 6.70. The van der Waals surface area contributed by atoms with Gasteiger partial charge in [0.15, 0.2) is 0 Å². The smallest absolute Gasteiger partial charge is 0.251 e. The molecule has 2 aliphatic heterocycles. The van der Waals surface area contributed by atoms with Gasteiger partial charge in [-0.2, -0.15) is 0 Å². The van der Waals surface area contributed by atoms with Crippen molar-refractivity contribution in [2.75, 3.05) is 18.1 Å².